The number of hydrogen-bond donors (Lipinski definition) is 2. The van der Waals surface area contributed by atoms with Crippen molar-refractivity contribution in [1.82, 2.24) is 0 Å². The van der Waals surface area contributed by atoms with Gasteiger partial charge in [0, 0.05) is 13.0 Å². The van der Waals surface area contributed by atoms with Crippen LogP contribution in [0.1, 0.15) is 0 Å². The van der Waals surface area contributed by atoms with Gasteiger partial charge >= 0.3 is 0 Å². The van der Waals surface area contributed by atoms with Gasteiger partial charge in [-0.3, -0.25) is 0 Å². The number of aliphatic hydroxyl groups excluding tert-OH is 2. The third-order valence-corrected chi connectivity index (χ3v) is 1.70. The maximum absolute atomic E-state index is 9.24. The smallest absolute Gasteiger partial charge is 0.183 e. The van der Waals surface area contributed by atoms with Crippen molar-refractivity contribution < 1.29 is 19.7 Å². The van der Waals surface area contributed by atoms with Gasteiger partial charge in [0.15, 0.2) is 6.29 Å². The molecule has 0 spiro atoms. The second-order valence-electron chi connectivity index (χ2n) is 2.37. The van der Waals surface area contributed by atoms with E-state index in [1.165, 1.54) is 7.11 Å². The second kappa shape index (κ2) is 3.30. The van der Waals surface area contributed by atoms with Crippen LogP contribution < -0.4 is 0 Å². The topological polar surface area (TPSA) is 58.9 Å². The number of methoxy groups -OCH3 is 1. The highest BCUT2D eigenvalue weighted by atomic mass is 16.7. The summed E-state index contributed by atoms with van der Waals surface area (Å²) in [6.07, 6.45) is -1.24. The van der Waals surface area contributed by atoms with Crippen LogP contribution in [0.25, 0.3) is 0 Å². The average Bonchev–Trinajstić information content (AvgIpc) is 2.30. The first kappa shape index (κ1) is 7.94. The largest absolute Gasteiger partial charge is 0.396 e. The monoisotopic (exact) mass is 148 g/mol. The van der Waals surface area contributed by atoms with Gasteiger partial charge in [0.2, 0.25) is 0 Å². The van der Waals surface area contributed by atoms with Crippen molar-refractivity contribution in [3.05, 3.63) is 0 Å². The van der Waals surface area contributed by atoms with Crippen LogP contribution in [0, 0.1) is 5.92 Å². The van der Waals surface area contributed by atoms with Crippen molar-refractivity contribution in [1.29, 1.82) is 0 Å². The second-order valence-corrected chi connectivity index (χ2v) is 2.37. The molecule has 0 saturated carbocycles. The third-order valence-electron chi connectivity index (χ3n) is 1.70. The van der Waals surface area contributed by atoms with Crippen LogP contribution in [0.5, 0.6) is 0 Å². The minimum Gasteiger partial charge on any atom is -0.396 e. The lowest BCUT2D eigenvalue weighted by atomic mass is 10.1. The fraction of sp³-hybridized carbons (Fsp3) is 1.00. The zero-order valence-corrected chi connectivity index (χ0v) is 5.86. The van der Waals surface area contributed by atoms with Gasteiger partial charge in [-0.15, -0.1) is 0 Å². The molecule has 0 aromatic rings. The predicted molar refractivity (Wildman–Crippen MR) is 33.3 cm³/mol. The molecule has 1 aliphatic rings. The number of rotatable bonds is 2. The lowest BCUT2D eigenvalue weighted by Gasteiger charge is -2.13. The Morgan fingerprint density at radius 2 is 2.40 bits per heavy atom. The van der Waals surface area contributed by atoms with Gasteiger partial charge in [-0.25, -0.2) is 0 Å². The van der Waals surface area contributed by atoms with Crippen LogP contribution in [0.15, 0.2) is 0 Å². The molecule has 1 aliphatic heterocycles. The van der Waals surface area contributed by atoms with Gasteiger partial charge in [0.1, 0.15) is 6.10 Å². The lowest BCUT2D eigenvalue weighted by molar-refractivity contribution is -0.133. The molecule has 0 amide bonds. The Kier molecular flexibility index (Phi) is 2.62. The molecule has 1 heterocycles. The first-order chi connectivity index (χ1) is 4.79. The van der Waals surface area contributed by atoms with Crippen molar-refractivity contribution in [2.75, 3.05) is 20.3 Å². The molecule has 0 aliphatic carbocycles. The average molecular weight is 148 g/mol. The van der Waals surface area contributed by atoms with Gasteiger partial charge in [0.25, 0.3) is 0 Å². The van der Waals surface area contributed by atoms with E-state index in [1.807, 2.05) is 0 Å². The van der Waals surface area contributed by atoms with Crippen molar-refractivity contribution >= 4 is 0 Å². The van der Waals surface area contributed by atoms with Crippen molar-refractivity contribution in [3.63, 3.8) is 0 Å². The molecule has 2 N–H and O–H groups in total. The van der Waals surface area contributed by atoms with E-state index in [4.69, 9.17) is 14.6 Å². The van der Waals surface area contributed by atoms with Gasteiger partial charge in [-0.2, -0.15) is 0 Å². The molecule has 1 fully saturated rings. The Balaban J connectivity index is 2.41. The van der Waals surface area contributed by atoms with E-state index >= 15 is 0 Å². The van der Waals surface area contributed by atoms with Crippen LogP contribution in [-0.4, -0.2) is 42.9 Å². The fourth-order valence-electron chi connectivity index (χ4n) is 1.01. The quantitative estimate of drug-likeness (QED) is 0.525. The van der Waals surface area contributed by atoms with Gasteiger partial charge in [-0.05, 0) is 0 Å². The minimum atomic E-state index is -0.685. The molecule has 0 radical (unpaired) electrons. The maximum Gasteiger partial charge on any atom is 0.183 e. The van der Waals surface area contributed by atoms with E-state index in [0.29, 0.717) is 6.61 Å². The summed E-state index contributed by atoms with van der Waals surface area (Å²) in [4.78, 5) is 0. The molecule has 1 rings (SSSR count). The molecule has 60 valence electrons. The van der Waals surface area contributed by atoms with Gasteiger partial charge in [0.05, 0.1) is 13.2 Å². The Hall–Kier alpha value is -0.160. The van der Waals surface area contributed by atoms with E-state index in [-0.39, 0.29) is 12.5 Å². The fourth-order valence-corrected chi connectivity index (χ4v) is 1.01. The van der Waals surface area contributed by atoms with E-state index in [2.05, 4.69) is 0 Å². The van der Waals surface area contributed by atoms with Crippen LogP contribution >= 0.6 is 0 Å². The first-order valence-electron chi connectivity index (χ1n) is 3.23. The number of ether oxygens (including phenoxy) is 2. The number of aliphatic hydroxyl groups is 2. The minimum absolute atomic E-state index is 0.0545. The summed E-state index contributed by atoms with van der Waals surface area (Å²) < 4.78 is 9.76. The highest BCUT2D eigenvalue weighted by Crippen LogP contribution is 2.19. The van der Waals surface area contributed by atoms with Crippen molar-refractivity contribution in [2.45, 2.75) is 12.4 Å². The summed E-state index contributed by atoms with van der Waals surface area (Å²) >= 11 is 0. The Labute approximate surface area is 59.4 Å². The van der Waals surface area contributed by atoms with E-state index < -0.39 is 12.4 Å². The van der Waals surface area contributed by atoms with Crippen LogP contribution in [-0.2, 0) is 9.47 Å². The zero-order valence-electron chi connectivity index (χ0n) is 5.86. The van der Waals surface area contributed by atoms with E-state index in [9.17, 15) is 5.11 Å². The normalized spacial score (nSPS) is 40.5. The first-order valence-corrected chi connectivity index (χ1v) is 3.23. The Bertz CT molecular complexity index is 93.9. The summed E-state index contributed by atoms with van der Waals surface area (Å²) in [5.74, 6) is -0.190. The van der Waals surface area contributed by atoms with Crippen molar-refractivity contribution in [3.8, 4) is 0 Å². The van der Waals surface area contributed by atoms with Crippen molar-refractivity contribution in [2.24, 2.45) is 5.92 Å². The molecular formula is C6H12O4. The molecule has 4 nitrogen and oxygen atoms in total. The third kappa shape index (κ3) is 1.29. The Morgan fingerprint density at radius 3 is 2.70 bits per heavy atom. The summed E-state index contributed by atoms with van der Waals surface area (Å²) in [5, 5.41) is 17.9. The standard InChI is InChI=1S/C6H12O4/c1-9-6-5(8)4(2-7)3-10-6/h4-8H,2-3H2,1H3/t4-,5+,6+/m1/s1. The lowest BCUT2D eigenvalue weighted by Crippen LogP contribution is -2.29. The van der Waals surface area contributed by atoms with Crippen LogP contribution in [0.4, 0.5) is 0 Å². The molecule has 0 aromatic carbocycles. The van der Waals surface area contributed by atoms with Crippen LogP contribution in [0.3, 0.4) is 0 Å². The molecule has 0 aromatic heterocycles. The SMILES string of the molecule is CO[C@H]1OC[C@@H](CO)[C@@H]1O. The molecule has 4 heteroatoms. The summed E-state index contributed by atoms with van der Waals surface area (Å²) in [5.41, 5.74) is 0. The maximum atomic E-state index is 9.24. The van der Waals surface area contributed by atoms with E-state index in [1.54, 1.807) is 0 Å². The summed E-state index contributed by atoms with van der Waals surface area (Å²) in [6.45, 7) is 0.317. The summed E-state index contributed by atoms with van der Waals surface area (Å²) in [6, 6.07) is 0. The van der Waals surface area contributed by atoms with Gasteiger partial charge < -0.3 is 19.7 Å². The molecule has 0 unspecified atom stereocenters. The zero-order chi connectivity index (χ0) is 7.56. The Morgan fingerprint density at radius 1 is 1.70 bits per heavy atom. The predicted octanol–water partition coefficient (Wildman–Crippen LogP) is -1.04. The highest BCUT2D eigenvalue weighted by Gasteiger charge is 2.35. The molecule has 10 heavy (non-hydrogen) atoms. The summed E-state index contributed by atoms with van der Waals surface area (Å²) in [7, 11) is 1.47. The van der Waals surface area contributed by atoms with Crippen LogP contribution in [0.2, 0.25) is 0 Å². The molecular weight excluding hydrogens is 136 g/mol. The van der Waals surface area contributed by atoms with Gasteiger partial charge in [-0.1, -0.05) is 0 Å². The highest BCUT2D eigenvalue weighted by molar-refractivity contribution is 4.77. The molecule has 1 saturated heterocycles. The number of hydrogen-bond acceptors (Lipinski definition) is 4. The molecule has 3 atom stereocenters. The molecule has 0 bridgehead atoms. The van der Waals surface area contributed by atoms with E-state index in [0.717, 1.165) is 0 Å².